The van der Waals surface area contributed by atoms with Gasteiger partial charge in [-0.25, -0.2) is 9.78 Å². The second-order valence-electron chi connectivity index (χ2n) is 6.26. The number of hydrogen-bond donors (Lipinski definition) is 1. The second kappa shape index (κ2) is 7.53. The lowest BCUT2D eigenvalue weighted by Gasteiger charge is -2.04. The molecular weight excluding hydrogens is 392 g/mol. The zero-order valence-electron chi connectivity index (χ0n) is 15.3. The van der Waals surface area contributed by atoms with Gasteiger partial charge in [-0.3, -0.25) is 0 Å². The van der Waals surface area contributed by atoms with E-state index in [-0.39, 0.29) is 0 Å². The van der Waals surface area contributed by atoms with Crippen molar-refractivity contribution in [1.82, 2.24) is 24.7 Å². The van der Waals surface area contributed by atoms with Crippen molar-refractivity contribution in [2.24, 2.45) is 5.10 Å². The van der Waals surface area contributed by atoms with Crippen molar-refractivity contribution in [3.05, 3.63) is 81.3 Å². The number of halogens is 1. The standard InChI is InChI=1S/C20H17ClN6S/c1-13-8-6-7-11-16(13)19-23-24-20(28)27(19)22-12-17-14(2)25-26(18(17)21)15-9-4-3-5-10-15/h3-12H,1-2H3,(H,24,28)/b22-12-. The Morgan fingerprint density at radius 3 is 2.54 bits per heavy atom. The molecule has 6 nitrogen and oxygen atoms in total. The van der Waals surface area contributed by atoms with Gasteiger partial charge >= 0.3 is 0 Å². The predicted octanol–water partition coefficient (Wildman–Crippen LogP) is 4.95. The van der Waals surface area contributed by atoms with Gasteiger partial charge in [0.05, 0.1) is 23.2 Å². The topological polar surface area (TPSA) is 63.8 Å². The average Bonchev–Trinajstić information content (AvgIpc) is 3.20. The van der Waals surface area contributed by atoms with Crippen molar-refractivity contribution in [2.45, 2.75) is 13.8 Å². The normalized spacial score (nSPS) is 11.4. The van der Waals surface area contributed by atoms with Gasteiger partial charge < -0.3 is 0 Å². The van der Waals surface area contributed by atoms with Gasteiger partial charge in [-0.15, -0.1) is 0 Å². The molecule has 8 heteroatoms. The summed E-state index contributed by atoms with van der Waals surface area (Å²) < 4.78 is 3.68. The number of aryl methyl sites for hydroxylation is 2. The third-order valence-corrected chi connectivity index (χ3v) is 5.02. The summed E-state index contributed by atoms with van der Waals surface area (Å²) in [6, 6.07) is 17.7. The van der Waals surface area contributed by atoms with E-state index in [0.717, 1.165) is 28.1 Å². The number of benzene rings is 2. The Bertz CT molecular complexity index is 1220. The molecule has 2 aromatic heterocycles. The molecule has 4 aromatic rings. The molecule has 1 N–H and O–H groups in total. The third kappa shape index (κ3) is 3.30. The van der Waals surface area contributed by atoms with Crippen LogP contribution in [0.2, 0.25) is 5.15 Å². The van der Waals surface area contributed by atoms with Crippen molar-refractivity contribution in [1.29, 1.82) is 0 Å². The zero-order valence-corrected chi connectivity index (χ0v) is 16.9. The van der Waals surface area contributed by atoms with Gasteiger partial charge in [0.15, 0.2) is 5.82 Å². The van der Waals surface area contributed by atoms with Crippen LogP contribution in [0.5, 0.6) is 0 Å². The van der Waals surface area contributed by atoms with Gasteiger partial charge in [-0.05, 0) is 43.8 Å². The van der Waals surface area contributed by atoms with Crippen molar-refractivity contribution in [3.63, 3.8) is 0 Å². The fraction of sp³-hybridized carbons (Fsp3) is 0.100. The van der Waals surface area contributed by atoms with Crippen LogP contribution in [0.1, 0.15) is 16.8 Å². The van der Waals surface area contributed by atoms with E-state index in [2.05, 4.69) is 20.4 Å². The lowest BCUT2D eigenvalue weighted by molar-refractivity contribution is 0.863. The van der Waals surface area contributed by atoms with E-state index in [1.54, 1.807) is 15.6 Å². The molecule has 0 saturated heterocycles. The van der Waals surface area contributed by atoms with Crippen LogP contribution in [-0.2, 0) is 0 Å². The molecule has 2 aromatic carbocycles. The van der Waals surface area contributed by atoms with E-state index in [9.17, 15) is 0 Å². The highest BCUT2D eigenvalue weighted by Crippen LogP contribution is 2.23. The van der Waals surface area contributed by atoms with Crippen LogP contribution < -0.4 is 0 Å². The van der Waals surface area contributed by atoms with Crippen molar-refractivity contribution in [3.8, 4) is 17.1 Å². The van der Waals surface area contributed by atoms with Gasteiger partial charge in [0.25, 0.3) is 0 Å². The molecule has 0 bridgehead atoms. The van der Waals surface area contributed by atoms with E-state index in [1.807, 2.05) is 68.4 Å². The molecule has 0 spiro atoms. The summed E-state index contributed by atoms with van der Waals surface area (Å²) in [6.45, 7) is 3.91. The van der Waals surface area contributed by atoms with Crippen molar-refractivity contribution >= 4 is 30.0 Å². The lowest BCUT2D eigenvalue weighted by atomic mass is 10.1. The zero-order chi connectivity index (χ0) is 19.7. The van der Waals surface area contributed by atoms with Gasteiger partial charge in [0.1, 0.15) is 5.15 Å². The van der Waals surface area contributed by atoms with Gasteiger partial charge in [0.2, 0.25) is 4.77 Å². The first kappa shape index (κ1) is 18.3. The Labute approximate surface area is 172 Å². The molecule has 0 fully saturated rings. The number of aromatic amines is 1. The minimum atomic E-state index is 0.402. The fourth-order valence-electron chi connectivity index (χ4n) is 2.91. The van der Waals surface area contributed by atoms with Crippen LogP contribution in [-0.4, -0.2) is 30.9 Å². The Morgan fingerprint density at radius 1 is 1.07 bits per heavy atom. The Kier molecular flexibility index (Phi) is 4.93. The smallest absolute Gasteiger partial charge is 0.216 e. The van der Waals surface area contributed by atoms with E-state index < -0.39 is 0 Å². The molecule has 2 heterocycles. The summed E-state index contributed by atoms with van der Waals surface area (Å²) in [5.74, 6) is 0.642. The molecule has 0 aliphatic rings. The molecular formula is C20H17ClN6S. The minimum Gasteiger partial charge on any atom is -0.250 e. The van der Waals surface area contributed by atoms with Crippen LogP contribution in [0.3, 0.4) is 0 Å². The molecule has 0 amide bonds. The summed E-state index contributed by atoms with van der Waals surface area (Å²) in [7, 11) is 0. The molecule has 0 saturated carbocycles. The maximum absolute atomic E-state index is 6.58. The highest BCUT2D eigenvalue weighted by atomic mass is 35.5. The monoisotopic (exact) mass is 408 g/mol. The Morgan fingerprint density at radius 2 is 1.79 bits per heavy atom. The van der Waals surface area contributed by atoms with Gasteiger partial charge in [-0.1, -0.05) is 54.1 Å². The molecule has 0 aliphatic carbocycles. The summed E-state index contributed by atoms with van der Waals surface area (Å²) >= 11 is 11.9. The largest absolute Gasteiger partial charge is 0.250 e. The molecule has 0 aliphatic heterocycles. The first-order valence-corrected chi connectivity index (χ1v) is 9.43. The number of para-hydroxylation sites is 1. The van der Waals surface area contributed by atoms with E-state index in [0.29, 0.717) is 15.7 Å². The summed E-state index contributed by atoms with van der Waals surface area (Å²) in [4.78, 5) is 0. The van der Waals surface area contributed by atoms with E-state index >= 15 is 0 Å². The lowest BCUT2D eigenvalue weighted by Crippen LogP contribution is -1.97. The maximum Gasteiger partial charge on any atom is 0.216 e. The van der Waals surface area contributed by atoms with Crippen LogP contribution in [0.4, 0.5) is 0 Å². The maximum atomic E-state index is 6.58. The Hall–Kier alpha value is -3.03. The molecule has 0 atom stereocenters. The van der Waals surface area contributed by atoms with E-state index in [1.165, 1.54) is 0 Å². The number of H-pyrrole nitrogens is 1. The molecule has 28 heavy (non-hydrogen) atoms. The summed E-state index contributed by atoms with van der Waals surface area (Å²) in [5, 5.41) is 16.7. The summed E-state index contributed by atoms with van der Waals surface area (Å²) in [5.41, 5.74) is 4.42. The van der Waals surface area contributed by atoms with Crippen LogP contribution in [0, 0.1) is 18.6 Å². The molecule has 0 radical (unpaired) electrons. The SMILES string of the molecule is Cc1ccccc1-c1n[nH]c(=S)n1/N=C\c1c(C)nn(-c2ccccc2)c1Cl. The van der Waals surface area contributed by atoms with Crippen LogP contribution >= 0.6 is 23.8 Å². The fourth-order valence-corrected chi connectivity index (χ4v) is 3.41. The number of nitrogens with zero attached hydrogens (tertiary/aromatic N) is 5. The quantitative estimate of drug-likeness (QED) is 0.384. The first-order chi connectivity index (χ1) is 13.6. The van der Waals surface area contributed by atoms with Crippen LogP contribution in [0.25, 0.3) is 17.1 Å². The number of rotatable bonds is 4. The van der Waals surface area contributed by atoms with Crippen molar-refractivity contribution < 1.29 is 0 Å². The van der Waals surface area contributed by atoms with Crippen molar-refractivity contribution in [2.75, 3.05) is 0 Å². The van der Waals surface area contributed by atoms with Crippen LogP contribution in [0.15, 0.2) is 59.7 Å². The van der Waals surface area contributed by atoms with Gasteiger partial charge in [0, 0.05) is 5.56 Å². The average molecular weight is 409 g/mol. The predicted molar refractivity (Wildman–Crippen MR) is 114 cm³/mol. The number of aromatic nitrogens is 5. The molecule has 4 rings (SSSR count). The second-order valence-corrected chi connectivity index (χ2v) is 7.01. The number of hydrogen-bond acceptors (Lipinski definition) is 4. The first-order valence-electron chi connectivity index (χ1n) is 8.64. The summed E-state index contributed by atoms with van der Waals surface area (Å²) in [6.07, 6.45) is 1.66. The molecule has 0 unspecified atom stereocenters. The highest BCUT2D eigenvalue weighted by molar-refractivity contribution is 7.71. The number of nitrogens with one attached hydrogen (secondary N) is 1. The third-order valence-electron chi connectivity index (χ3n) is 4.39. The molecule has 140 valence electrons. The van der Waals surface area contributed by atoms with E-state index in [4.69, 9.17) is 23.8 Å². The highest BCUT2D eigenvalue weighted by Gasteiger charge is 2.14. The minimum absolute atomic E-state index is 0.402. The Balaban J connectivity index is 1.76. The van der Waals surface area contributed by atoms with Gasteiger partial charge in [-0.2, -0.15) is 20.0 Å².